The average Bonchev–Trinajstić information content (AvgIpc) is 2.63. The summed E-state index contributed by atoms with van der Waals surface area (Å²) in [6.07, 6.45) is 3.67. The van der Waals surface area contributed by atoms with E-state index < -0.39 is 0 Å². The van der Waals surface area contributed by atoms with Crippen LogP contribution in [0, 0.1) is 5.92 Å². The molecule has 2 rings (SSSR count). The van der Waals surface area contributed by atoms with Crippen molar-refractivity contribution in [2.45, 2.75) is 27.7 Å². The van der Waals surface area contributed by atoms with Crippen LogP contribution < -0.4 is 0 Å². The number of hydrogen-bond acceptors (Lipinski definition) is 0. The van der Waals surface area contributed by atoms with E-state index in [2.05, 4.69) is 62.0 Å². The third kappa shape index (κ3) is 21.9. The fourth-order valence-electron chi connectivity index (χ4n) is 1.18. The summed E-state index contributed by atoms with van der Waals surface area (Å²) in [4.78, 5) is 0. The highest BCUT2D eigenvalue weighted by atomic mass is 15.3. The SMILES string of the molecule is C=Cc1ccccc1.C=Cc1ccccc1.CC(C)C.CC[N+](C)(C)C. The lowest BCUT2D eigenvalue weighted by atomic mass is 10.2. The van der Waals surface area contributed by atoms with E-state index in [1.54, 1.807) is 0 Å². The second-order valence-corrected chi connectivity index (χ2v) is 7.57. The van der Waals surface area contributed by atoms with E-state index in [-0.39, 0.29) is 0 Å². The zero-order chi connectivity index (χ0) is 20.4. The summed E-state index contributed by atoms with van der Waals surface area (Å²) < 4.78 is 1.07. The Balaban J connectivity index is 0. The van der Waals surface area contributed by atoms with Gasteiger partial charge in [0.05, 0.1) is 27.7 Å². The summed E-state index contributed by atoms with van der Waals surface area (Å²) in [6, 6.07) is 20.1. The second-order valence-electron chi connectivity index (χ2n) is 7.57. The van der Waals surface area contributed by atoms with Gasteiger partial charge in [-0.2, -0.15) is 0 Å². The molecule has 144 valence electrons. The van der Waals surface area contributed by atoms with Gasteiger partial charge >= 0.3 is 0 Å². The van der Waals surface area contributed by atoms with Gasteiger partial charge in [0, 0.05) is 0 Å². The lowest BCUT2D eigenvalue weighted by Gasteiger charge is -2.20. The van der Waals surface area contributed by atoms with Gasteiger partial charge in [0.2, 0.25) is 0 Å². The Kier molecular flexibility index (Phi) is 16.4. The first kappa shape index (κ1) is 26.1. The Bertz CT molecular complexity index is 501. The van der Waals surface area contributed by atoms with Gasteiger partial charge in [-0.25, -0.2) is 0 Å². The Labute approximate surface area is 163 Å². The Morgan fingerprint density at radius 1 is 0.731 bits per heavy atom. The van der Waals surface area contributed by atoms with Crippen LogP contribution >= 0.6 is 0 Å². The standard InChI is InChI=1S/2C8H8.C5H14N.C4H10/c2*1-2-8-6-4-3-5-7-8;1-5-6(2,3)4;1-4(2)3/h2*2-7H,1H2;5H2,1-4H3;4H,1-3H3/q;;+1;. The predicted molar refractivity (Wildman–Crippen MR) is 122 cm³/mol. The average molecular weight is 355 g/mol. The lowest BCUT2D eigenvalue weighted by molar-refractivity contribution is -0.868. The molecule has 0 bridgehead atoms. The van der Waals surface area contributed by atoms with E-state index in [9.17, 15) is 0 Å². The maximum atomic E-state index is 3.63. The van der Waals surface area contributed by atoms with Gasteiger partial charge in [-0.05, 0) is 24.0 Å². The molecule has 0 aromatic heterocycles. The van der Waals surface area contributed by atoms with Crippen molar-refractivity contribution in [2.24, 2.45) is 5.92 Å². The summed E-state index contributed by atoms with van der Waals surface area (Å²) in [5.74, 6) is 0.833. The Morgan fingerprint density at radius 2 is 0.962 bits per heavy atom. The number of quaternary nitrogens is 1. The molecule has 0 saturated carbocycles. The number of rotatable bonds is 3. The molecule has 0 radical (unpaired) electrons. The topological polar surface area (TPSA) is 0 Å². The van der Waals surface area contributed by atoms with E-state index in [0.717, 1.165) is 10.4 Å². The molecule has 0 aliphatic rings. The second kappa shape index (κ2) is 16.4. The van der Waals surface area contributed by atoms with Gasteiger partial charge in [0.25, 0.3) is 0 Å². The van der Waals surface area contributed by atoms with Crippen molar-refractivity contribution in [3.8, 4) is 0 Å². The molecule has 0 atom stereocenters. The quantitative estimate of drug-likeness (QED) is 0.519. The van der Waals surface area contributed by atoms with Crippen LogP contribution in [0.5, 0.6) is 0 Å². The predicted octanol–water partition coefficient (Wildman–Crippen LogP) is 7.03. The molecule has 2 aromatic carbocycles. The molecular formula is C25H40N+. The third-order valence-electron chi connectivity index (χ3n) is 3.02. The highest BCUT2D eigenvalue weighted by Crippen LogP contribution is 1.98. The van der Waals surface area contributed by atoms with E-state index in [1.807, 2.05) is 72.8 Å². The molecule has 0 spiro atoms. The third-order valence-corrected chi connectivity index (χ3v) is 3.02. The minimum absolute atomic E-state index is 0.833. The molecule has 0 fully saturated rings. The van der Waals surface area contributed by atoms with Crippen molar-refractivity contribution >= 4 is 12.2 Å². The van der Waals surface area contributed by atoms with Crippen LogP contribution in [0.15, 0.2) is 73.8 Å². The molecule has 0 saturated heterocycles. The van der Waals surface area contributed by atoms with Crippen LogP contribution in [0.1, 0.15) is 38.8 Å². The van der Waals surface area contributed by atoms with E-state index in [1.165, 1.54) is 17.7 Å². The molecular weight excluding hydrogens is 314 g/mol. The zero-order valence-corrected chi connectivity index (χ0v) is 18.1. The smallest absolute Gasteiger partial charge is 0.0751 e. The molecule has 0 unspecified atom stereocenters. The van der Waals surface area contributed by atoms with Gasteiger partial charge in [-0.1, -0.05) is 107 Å². The van der Waals surface area contributed by atoms with Crippen LogP contribution in [0.2, 0.25) is 0 Å². The number of nitrogens with zero attached hydrogens (tertiary/aromatic N) is 1. The summed E-state index contributed by atoms with van der Waals surface area (Å²) in [7, 11) is 6.54. The van der Waals surface area contributed by atoms with Crippen LogP contribution in [0.4, 0.5) is 0 Å². The van der Waals surface area contributed by atoms with E-state index >= 15 is 0 Å². The van der Waals surface area contributed by atoms with Gasteiger partial charge in [-0.15, -0.1) is 0 Å². The van der Waals surface area contributed by atoms with Crippen molar-refractivity contribution in [1.82, 2.24) is 0 Å². The molecule has 0 aliphatic carbocycles. The molecule has 26 heavy (non-hydrogen) atoms. The van der Waals surface area contributed by atoms with Crippen molar-refractivity contribution in [1.29, 1.82) is 0 Å². The van der Waals surface area contributed by atoms with Crippen molar-refractivity contribution in [3.63, 3.8) is 0 Å². The van der Waals surface area contributed by atoms with Crippen LogP contribution in [0.25, 0.3) is 12.2 Å². The number of benzene rings is 2. The van der Waals surface area contributed by atoms with Gasteiger partial charge in [0.1, 0.15) is 0 Å². The van der Waals surface area contributed by atoms with E-state index in [0.29, 0.717) is 0 Å². The van der Waals surface area contributed by atoms with Crippen molar-refractivity contribution in [2.75, 3.05) is 27.7 Å². The van der Waals surface area contributed by atoms with Crippen LogP contribution in [-0.2, 0) is 0 Å². The molecule has 0 N–H and O–H groups in total. The highest BCUT2D eigenvalue weighted by Gasteiger charge is 1.97. The monoisotopic (exact) mass is 354 g/mol. The fraction of sp³-hybridized carbons (Fsp3) is 0.360. The summed E-state index contributed by atoms with van der Waals surface area (Å²) >= 11 is 0. The van der Waals surface area contributed by atoms with E-state index in [4.69, 9.17) is 0 Å². The first-order chi connectivity index (χ1) is 12.2. The normalized spacial score (nSPS) is 9.38. The first-order valence-corrected chi connectivity index (χ1v) is 9.31. The van der Waals surface area contributed by atoms with Gasteiger partial charge in [-0.3, -0.25) is 0 Å². The first-order valence-electron chi connectivity index (χ1n) is 9.31. The van der Waals surface area contributed by atoms with Gasteiger partial charge < -0.3 is 4.48 Å². The molecule has 0 heterocycles. The minimum Gasteiger partial charge on any atom is -0.331 e. The lowest BCUT2D eigenvalue weighted by Crippen LogP contribution is -2.33. The molecule has 2 aromatic rings. The van der Waals surface area contributed by atoms with Crippen molar-refractivity contribution in [3.05, 3.63) is 84.9 Å². The Morgan fingerprint density at radius 3 is 1.08 bits per heavy atom. The largest absolute Gasteiger partial charge is 0.331 e. The van der Waals surface area contributed by atoms with Gasteiger partial charge in [0.15, 0.2) is 0 Å². The fourth-order valence-corrected chi connectivity index (χ4v) is 1.18. The molecule has 1 nitrogen and oxygen atoms in total. The van der Waals surface area contributed by atoms with Crippen LogP contribution in [0.3, 0.4) is 0 Å². The molecule has 0 amide bonds. The zero-order valence-electron chi connectivity index (χ0n) is 18.1. The Hall–Kier alpha value is -2.12. The summed E-state index contributed by atoms with van der Waals surface area (Å²) in [5, 5.41) is 0. The van der Waals surface area contributed by atoms with Crippen molar-refractivity contribution < 1.29 is 4.48 Å². The highest BCUT2D eigenvalue weighted by molar-refractivity contribution is 5.46. The maximum Gasteiger partial charge on any atom is 0.0751 e. The van der Waals surface area contributed by atoms with Crippen LogP contribution in [-0.4, -0.2) is 32.2 Å². The summed E-state index contributed by atoms with van der Waals surface area (Å²) in [5.41, 5.74) is 2.35. The minimum atomic E-state index is 0.833. The number of hydrogen-bond donors (Lipinski definition) is 0. The maximum absolute atomic E-state index is 3.63. The molecule has 1 heteroatoms. The molecule has 0 aliphatic heterocycles. The summed E-state index contributed by atoms with van der Waals surface area (Å²) in [6.45, 7) is 17.2.